The van der Waals surface area contributed by atoms with Gasteiger partial charge in [-0.05, 0) is 35.0 Å². The fourth-order valence-electron chi connectivity index (χ4n) is 2.46. The van der Waals surface area contributed by atoms with E-state index in [2.05, 4.69) is 4.98 Å². The average Bonchev–Trinajstić information content (AvgIpc) is 2.54. The molecule has 1 heterocycles. The Labute approximate surface area is 120 Å². The average molecular weight is 273 g/mol. The highest BCUT2D eigenvalue weighted by atomic mass is 16.4. The first-order valence-electron chi connectivity index (χ1n) is 6.70. The van der Waals surface area contributed by atoms with Gasteiger partial charge in [0.15, 0.2) is 0 Å². The Kier molecular flexibility index (Phi) is 2.57. The Morgan fingerprint density at radius 1 is 0.810 bits per heavy atom. The summed E-state index contributed by atoms with van der Waals surface area (Å²) in [4.78, 5) is 16.7. The summed E-state index contributed by atoms with van der Waals surface area (Å²) < 4.78 is 5.36. The van der Waals surface area contributed by atoms with Gasteiger partial charge in [-0.15, -0.1) is 0 Å². The lowest BCUT2D eigenvalue weighted by Crippen LogP contribution is -2.03. The van der Waals surface area contributed by atoms with Crippen molar-refractivity contribution in [3.63, 3.8) is 0 Å². The van der Waals surface area contributed by atoms with Gasteiger partial charge < -0.3 is 4.42 Å². The van der Waals surface area contributed by atoms with Gasteiger partial charge in [0.1, 0.15) is 0 Å². The van der Waals surface area contributed by atoms with Crippen LogP contribution in [0.2, 0.25) is 0 Å². The predicted molar refractivity (Wildman–Crippen MR) is 83.2 cm³/mol. The maximum atomic E-state index is 12.2. The van der Waals surface area contributed by atoms with E-state index in [0.29, 0.717) is 16.8 Å². The molecule has 4 aromatic rings. The molecule has 0 spiro atoms. The lowest BCUT2D eigenvalue weighted by molar-refractivity contribution is 0.518. The first kappa shape index (κ1) is 11.9. The standard InChI is InChI=1S/C18H11NO2/c20-18-15-10-13-8-4-5-9-14(13)11-16(15)19-17(21-18)12-6-2-1-3-7-12/h1-11H. The third kappa shape index (κ3) is 1.99. The molecule has 21 heavy (non-hydrogen) atoms. The van der Waals surface area contributed by atoms with E-state index in [9.17, 15) is 4.79 Å². The minimum Gasteiger partial charge on any atom is -0.403 e. The number of aromatic nitrogens is 1. The Hall–Kier alpha value is -2.94. The van der Waals surface area contributed by atoms with Gasteiger partial charge in [0.2, 0.25) is 5.89 Å². The highest BCUT2D eigenvalue weighted by molar-refractivity contribution is 5.96. The second kappa shape index (κ2) is 4.56. The Morgan fingerprint density at radius 3 is 2.24 bits per heavy atom. The molecule has 0 saturated carbocycles. The summed E-state index contributed by atoms with van der Waals surface area (Å²) in [7, 11) is 0. The van der Waals surface area contributed by atoms with Crippen LogP contribution >= 0.6 is 0 Å². The van der Waals surface area contributed by atoms with Crippen molar-refractivity contribution in [2.24, 2.45) is 0 Å². The van der Waals surface area contributed by atoms with Crippen molar-refractivity contribution in [3.05, 3.63) is 77.2 Å². The van der Waals surface area contributed by atoms with Gasteiger partial charge in [-0.1, -0.05) is 42.5 Å². The summed E-state index contributed by atoms with van der Waals surface area (Å²) >= 11 is 0. The molecule has 0 fully saturated rings. The maximum Gasteiger partial charge on any atom is 0.347 e. The zero-order chi connectivity index (χ0) is 14.2. The summed E-state index contributed by atoms with van der Waals surface area (Å²) in [6, 6.07) is 21.1. The van der Waals surface area contributed by atoms with E-state index in [-0.39, 0.29) is 5.63 Å². The van der Waals surface area contributed by atoms with Crippen LogP contribution in [0.1, 0.15) is 0 Å². The van der Waals surface area contributed by atoms with Crippen LogP contribution in [0.3, 0.4) is 0 Å². The second-order valence-corrected chi connectivity index (χ2v) is 4.89. The van der Waals surface area contributed by atoms with E-state index in [4.69, 9.17) is 4.42 Å². The van der Waals surface area contributed by atoms with E-state index in [1.165, 1.54) is 0 Å². The van der Waals surface area contributed by atoms with Crippen molar-refractivity contribution in [1.82, 2.24) is 4.98 Å². The number of benzene rings is 3. The molecule has 0 aliphatic heterocycles. The lowest BCUT2D eigenvalue weighted by atomic mass is 10.1. The van der Waals surface area contributed by atoms with E-state index < -0.39 is 0 Å². The van der Waals surface area contributed by atoms with Crippen molar-refractivity contribution in [1.29, 1.82) is 0 Å². The molecule has 4 rings (SSSR count). The van der Waals surface area contributed by atoms with Crippen molar-refractivity contribution in [2.45, 2.75) is 0 Å². The van der Waals surface area contributed by atoms with Crippen LogP contribution in [0.15, 0.2) is 75.9 Å². The largest absolute Gasteiger partial charge is 0.403 e. The van der Waals surface area contributed by atoms with E-state index in [1.54, 1.807) is 0 Å². The first-order chi connectivity index (χ1) is 10.3. The molecule has 100 valence electrons. The van der Waals surface area contributed by atoms with Gasteiger partial charge in [-0.25, -0.2) is 9.78 Å². The molecule has 3 heteroatoms. The van der Waals surface area contributed by atoms with Crippen molar-refractivity contribution >= 4 is 21.7 Å². The Bertz CT molecular complexity index is 1000. The molecule has 0 saturated heterocycles. The molecule has 0 radical (unpaired) electrons. The van der Waals surface area contributed by atoms with E-state index in [1.807, 2.05) is 66.7 Å². The quantitative estimate of drug-likeness (QED) is 0.492. The summed E-state index contributed by atoms with van der Waals surface area (Å²) in [5.74, 6) is 0.350. The van der Waals surface area contributed by atoms with Gasteiger partial charge in [-0.3, -0.25) is 0 Å². The number of fused-ring (bicyclic) bond motifs is 2. The predicted octanol–water partition coefficient (Wildman–Crippen LogP) is 4.01. The third-order valence-electron chi connectivity index (χ3n) is 3.52. The highest BCUT2D eigenvalue weighted by Crippen LogP contribution is 2.22. The Balaban J connectivity index is 2.05. The number of nitrogens with zero attached hydrogens (tertiary/aromatic N) is 1. The molecule has 0 aliphatic rings. The van der Waals surface area contributed by atoms with Gasteiger partial charge in [0.05, 0.1) is 10.9 Å². The van der Waals surface area contributed by atoms with Crippen molar-refractivity contribution in [3.8, 4) is 11.5 Å². The smallest absolute Gasteiger partial charge is 0.347 e. The summed E-state index contributed by atoms with van der Waals surface area (Å²) in [6.07, 6.45) is 0. The van der Waals surface area contributed by atoms with E-state index in [0.717, 1.165) is 16.3 Å². The van der Waals surface area contributed by atoms with E-state index >= 15 is 0 Å². The van der Waals surface area contributed by atoms with Crippen molar-refractivity contribution in [2.75, 3.05) is 0 Å². The van der Waals surface area contributed by atoms with Crippen LogP contribution < -0.4 is 5.63 Å². The second-order valence-electron chi connectivity index (χ2n) is 4.89. The van der Waals surface area contributed by atoms with Crippen LogP contribution in [-0.4, -0.2) is 4.98 Å². The van der Waals surface area contributed by atoms with Crippen LogP contribution in [0.4, 0.5) is 0 Å². The van der Waals surface area contributed by atoms with Gasteiger partial charge >= 0.3 is 5.63 Å². The molecule has 3 nitrogen and oxygen atoms in total. The third-order valence-corrected chi connectivity index (χ3v) is 3.52. The molecule has 0 atom stereocenters. The zero-order valence-corrected chi connectivity index (χ0v) is 11.1. The number of rotatable bonds is 1. The van der Waals surface area contributed by atoms with Crippen LogP contribution in [0, 0.1) is 0 Å². The molecule has 0 amide bonds. The van der Waals surface area contributed by atoms with Gasteiger partial charge in [0, 0.05) is 5.56 Å². The molecule has 0 unspecified atom stereocenters. The maximum absolute atomic E-state index is 12.2. The fraction of sp³-hybridized carbons (Fsp3) is 0. The zero-order valence-electron chi connectivity index (χ0n) is 11.1. The fourth-order valence-corrected chi connectivity index (χ4v) is 2.46. The highest BCUT2D eigenvalue weighted by Gasteiger charge is 2.09. The number of hydrogen-bond acceptors (Lipinski definition) is 3. The van der Waals surface area contributed by atoms with Crippen molar-refractivity contribution < 1.29 is 4.42 Å². The SMILES string of the molecule is O=c1oc(-c2ccccc2)nc2cc3ccccc3cc12. The van der Waals surface area contributed by atoms with Crippen LogP contribution in [0.5, 0.6) is 0 Å². The molecular formula is C18H11NO2. The minimum atomic E-state index is -0.357. The molecule has 0 bridgehead atoms. The molecule has 0 N–H and O–H groups in total. The van der Waals surface area contributed by atoms with Crippen LogP contribution in [0.25, 0.3) is 33.1 Å². The minimum absolute atomic E-state index is 0.350. The normalized spacial score (nSPS) is 11.0. The summed E-state index contributed by atoms with van der Waals surface area (Å²) in [6.45, 7) is 0. The Morgan fingerprint density at radius 2 is 1.48 bits per heavy atom. The topological polar surface area (TPSA) is 43.1 Å². The first-order valence-corrected chi connectivity index (χ1v) is 6.70. The molecule has 1 aromatic heterocycles. The molecular weight excluding hydrogens is 262 g/mol. The van der Waals surface area contributed by atoms with Gasteiger partial charge in [-0.2, -0.15) is 0 Å². The summed E-state index contributed by atoms with van der Waals surface area (Å²) in [5.41, 5.74) is 1.10. The summed E-state index contributed by atoms with van der Waals surface area (Å²) in [5, 5.41) is 2.57. The van der Waals surface area contributed by atoms with Gasteiger partial charge in [0.25, 0.3) is 0 Å². The molecule has 3 aromatic carbocycles. The lowest BCUT2D eigenvalue weighted by Gasteiger charge is -2.03. The molecule has 0 aliphatic carbocycles. The monoisotopic (exact) mass is 273 g/mol. The number of hydrogen-bond donors (Lipinski definition) is 0. The van der Waals surface area contributed by atoms with Crippen LogP contribution in [-0.2, 0) is 0 Å².